The van der Waals surface area contributed by atoms with Crippen LogP contribution in [-0.4, -0.2) is 5.91 Å². The second-order valence-electron chi connectivity index (χ2n) is 6.21. The highest BCUT2D eigenvalue weighted by molar-refractivity contribution is 6.04. The summed E-state index contributed by atoms with van der Waals surface area (Å²) in [6, 6.07) is 18.7. The van der Waals surface area contributed by atoms with E-state index in [0.717, 1.165) is 28.4 Å². The maximum absolute atomic E-state index is 12.3. The van der Waals surface area contributed by atoms with E-state index in [9.17, 15) is 4.79 Å². The molecule has 26 heavy (non-hydrogen) atoms. The number of nitrogens with zero attached hydrogens (tertiary/aromatic N) is 1. The van der Waals surface area contributed by atoms with E-state index in [4.69, 9.17) is 10.2 Å². The van der Waals surface area contributed by atoms with Gasteiger partial charge in [-0.05, 0) is 49.4 Å². The predicted octanol–water partition coefficient (Wildman–Crippen LogP) is 4.37. The van der Waals surface area contributed by atoms with E-state index >= 15 is 0 Å². The Balaban J connectivity index is 1.54. The van der Waals surface area contributed by atoms with Crippen LogP contribution < -0.4 is 16.0 Å². The zero-order valence-electron chi connectivity index (χ0n) is 14.3. The van der Waals surface area contributed by atoms with Crippen molar-refractivity contribution >= 4 is 23.4 Å². The Bertz CT molecular complexity index is 958. The maximum Gasteiger partial charge on any atom is 0.255 e. The number of hydrogen-bond donors (Lipinski definition) is 2. The fourth-order valence-electron chi connectivity index (χ4n) is 3.17. The quantitative estimate of drug-likeness (QED) is 0.739. The van der Waals surface area contributed by atoms with Crippen molar-refractivity contribution in [1.82, 2.24) is 0 Å². The van der Waals surface area contributed by atoms with Crippen molar-refractivity contribution in [3.05, 3.63) is 89.5 Å². The van der Waals surface area contributed by atoms with Crippen LogP contribution in [0.1, 0.15) is 34.8 Å². The first-order valence-corrected chi connectivity index (χ1v) is 8.40. The molecule has 1 aliphatic rings. The first-order chi connectivity index (χ1) is 12.6. The van der Waals surface area contributed by atoms with Gasteiger partial charge < -0.3 is 20.4 Å². The highest BCUT2D eigenvalue weighted by atomic mass is 16.3. The molecule has 1 unspecified atom stereocenters. The van der Waals surface area contributed by atoms with Crippen LogP contribution in [-0.2, 0) is 0 Å². The monoisotopic (exact) mass is 345 g/mol. The van der Waals surface area contributed by atoms with Gasteiger partial charge in [0.2, 0.25) is 0 Å². The summed E-state index contributed by atoms with van der Waals surface area (Å²) in [7, 11) is 0. The third-order valence-electron chi connectivity index (χ3n) is 4.48. The molecule has 4 rings (SSSR count). The molecule has 2 aromatic carbocycles. The van der Waals surface area contributed by atoms with Gasteiger partial charge >= 0.3 is 0 Å². The van der Waals surface area contributed by atoms with Gasteiger partial charge in [-0.2, -0.15) is 0 Å². The first-order valence-electron chi connectivity index (χ1n) is 8.40. The van der Waals surface area contributed by atoms with Gasteiger partial charge in [0.05, 0.1) is 6.26 Å². The van der Waals surface area contributed by atoms with Crippen molar-refractivity contribution in [3.63, 3.8) is 0 Å². The van der Waals surface area contributed by atoms with Crippen LogP contribution in [0.2, 0.25) is 0 Å². The number of amides is 1. The van der Waals surface area contributed by atoms with E-state index in [-0.39, 0.29) is 12.1 Å². The van der Waals surface area contributed by atoms with E-state index in [1.54, 1.807) is 18.4 Å². The minimum Gasteiger partial charge on any atom is -0.464 e. The number of nitrogens with two attached hydrogens (primary N) is 1. The predicted molar refractivity (Wildman–Crippen MR) is 103 cm³/mol. The molecule has 5 heteroatoms. The fraction of sp³-hybridized carbons (Fsp3) is 0.0952. The molecule has 0 radical (unpaired) electrons. The molecule has 0 spiro atoms. The van der Waals surface area contributed by atoms with Crippen LogP contribution in [0.4, 0.5) is 11.4 Å². The number of fused-ring (bicyclic) bond motifs is 1. The second-order valence-corrected chi connectivity index (χ2v) is 6.21. The van der Waals surface area contributed by atoms with Gasteiger partial charge in [-0.1, -0.05) is 18.2 Å². The van der Waals surface area contributed by atoms with E-state index in [1.807, 2.05) is 66.4 Å². The normalized spacial score (nSPS) is 16.0. The standard InChI is InChI=1S/C21H19N3O2/c1-14-13-19-18(11-12-26-19)20(22)24(14)17-9-7-16(8-10-17)23-21(25)15-5-3-2-4-6-15/h2-13,20H,22H2,1H3,(H,23,25). The molecule has 1 aliphatic heterocycles. The molecule has 2 heterocycles. The lowest BCUT2D eigenvalue weighted by molar-refractivity contribution is 0.102. The number of nitrogens with one attached hydrogen (secondary N) is 1. The van der Waals surface area contributed by atoms with E-state index in [1.165, 1.54) is 0 Å². The molecule has 1 aromatic heterocycles. The van der Waals surface area contributed by atoms with Crippen molar-refractivity contribution < 1.29 is 9.21 Å². The number of benzene rings is 2. The molecule has 0 saturated carbocycles. The summed E-state index contributed by atoms with van der Waals surface area (Å²) >= 11 is 0. The first kappa shape index (κ1) is 16.2. The number of hydrogen-bond acceptors (Lipinski definition) is 4. The van der Waals surface area contributed by atoms with Crippen LogP contribution >= 0.6 is 0 Å². The topological polar surface area (TPSA) is 71.5 Å². The zero-order valence-corrected chi connectivity index (χ0v) is 14.3. The van der Waals surface area contributed by atoms with Crippen LogP contribution in [0.15, 0.2) is 77.0 Å². The lowest BCUT2D eigenvalue weighted by atomic mass is 10.1. The Hall–Kier alpha value is -3.31. The van der Waals surface area contributed by atoms with Gasteiger partial charge in [0.1, 0.15) is 11.9 Å². The number of carbonyl (C=O) groups is 1. The van der Waals surface area contributed by atoms with Gasteiger partial charge in [0, 0.05) is 34.3 Å². The molecular weight excluding hydrogens is 326 g/mol. The van der Waals surface area contributed by atoms with Gasteiger partial charge in [0.25, 0.3) is 5.91 Å². The number of anilines is 2. The van der Waals surface area contributed by atoms with Crippen molar-refractivity contribution in [2.24, 2.45) is 5.73 Å². The molecule has 1 atom stereocenters. The minimum atomic E-state index is -0.307. The maximum atomic E-state index is 12.3. The zero-order chi connectivity index (χ0) is 18.1. The third-order valence-corrected chi connectivity index (χ3v) is 4.48. The Morgan fingerprint density at radius 2 is 1.81 bits per heavy atom. The summed E-state index contributed by atoms with van der Waals surface area (Å²) in [5.41, 5.74) is 10.7. The van der Waals surface area contributed by atoms with Crippen LogP contribution in [0.3, 0.4) is 0 Å². The summed E-state index contributed by atoms with van der Waals surface area (Å²) in [6.45, 7) is 2.00. The lowest BCUT2D eigenvalue weighted by Crippen LogP contribution is -2.35. The highest BCUT2D eigenvalue weighted by Gasteiger charge is 2.26. The smallest absolute Gasteiger partial charge is 0.255 e. The van der Waals surface area contributed by atoms with E-state index in [2.05, 4.69) is 5.32 Å². The van der Waals surface area contributed by atoms with E-state index < -0.39 is 0 Å². The number of allylic oxidation sites excluding steroid dienone is 1. The molecular formula is C21H19N3O2. The Kier molecular flexibility index (Phi) is 4.07. The average Bonchev–Trinajstić information content (AvgIpc) is 3.12. The van der Waals surface area contributed by atoms with Gasteiger partial charge in [-0.15, -0.1) is 0 Å². The SMILES string of the molecule is CC1=Cc2occc2C(N)N1c1ccc(NC(=O)c2ccccc2)cc1. The van der Waals surface area contributed by atoms with Crippen molar-refractivity contribution in [2.45, 2.75) is 13.1 Å². The number of carbonyl (C=O) groups excluding carboxylic acids is 1. The average molecular weight is 345 g/mol. The van der Waals surface area contributed by atoms with Gasteiger partial charge in [-0.25, -0.2) is 0 Å². The van der Waals surface area contributed by atoms with Crippen LogP contribution in [0, 0.1) is 0 Å². The molecule has 5 nitrogen and oxygen atoms in total. The third kappa shape index (κ3) is 2.89. The van der Waals surface area contributed by atoms with Crippen molar-refractivity contribution in [2.75, 3.05) is 10.2 Å². The van der Waals surface area contributed by atoms with Crippen LogP contribution in [0.25, 0.3) is 6.08 Å². The largest absolute Gasteiger partial charge is 0.464 e. The molecule has 0 aliphatic carbocycles. The molecule has 0 bridgehead atoms. The highest BCUT2D eigenvalue weighted by Crippen LogP contribution is 2.35. The Morgan fingerprint density at radius 3 is 2.54 bits per heavy atom. The fourth-order valence-corrected chi connectivity index (χ4v) is 3.17. The summed E-state index contributed by atoms with van der Waals surface area (Å²) in [5.74, 6) is 0.671. The number of rotatable bonds is 3. The van der Waals surface area contributed by atoms with Gasteiger partial charge in [-0.3, -0.25) is 4.79 Å². The summed E-state index contributed by atoms with van der Waals surface area (Å²) < 4.78 is 5.46. The van der Waals surface area contributed by atoms with E-state index in [0.29, 0.717) is 5.56 Å². The molecule has 3 N–H and O–H groups in total. The van der Waals surface area contributed by atoms with Crippen molar-refractivity contribution in [1.29, 1.82) is 0 Å². The minimum absolute atomic E-state index is 0.132. The van der Waals surface area contributed by atoms with Gasteiger partial charge in [0.15, 0.2) is 0 Å². The Labute approximate surface area is 151 Å². The molecule has 0 fully saturated rings. The lowest BCUT2D eigenvalue weighted by Gasteiger charge is -2.34. The molecule has 1 amide bonds. The Morgan fingerprint density at radius 1 is 1.08 bits per heavy atom. The summed E-state index contributed by atoms with van der Waals surface area (Å²) in [4.78, 5) is 14.3. The molecule has 3 aromatic rings. The second kappa shape index (κ2) is 6.54. The van der Waals surface area contributed by atoms with Crippen LogP contribution in [0.5, 0.6) is 0 Å². The molecule has 130 valence electrons. The number of furan rings is 1. The molecule has 0 saturated heterocycles. The summed E-state index contributed by atoms with van der Waals surface area (Å²) in [6.07, 6.45) is 3.32. The van der Waals surface area contributed by atoms with Crippen molar-refractivity contribution in [3.8, 4) is 0 Å². The summed E-state index contributed by atoms with van der Waals surface area (Å²) in [5, 5.41) is 2.90.